The van der Waals surface area contributed by atoms with Gasteiger partial charge in [-0.25, -0.2) is 19.9 Å². The second kappa shape index (κ2) is 10.4. The minimum atomic E-state index is -0.483. The molecule has 3 aromatic heterocycles. The van der Waals surface area contributed by atoms with Crippen molar-refractivity contribution in [1.82, 2.24) is 24.5 Å². The molecule has 0 spiro atoms. The molecule has 5 N–H and O–H groups in total. The predicted molar refractivity (Wildman–Crippen MR) is 132 cm³/mol. The molecule has 3 heterocycles. The maximum Gasteiger partial charge on any atom is 0.248 e. The van der Waals surface area contributed by atoms with Gasteiger partial charge in [0.1, 0.15) is 5.52 Å². The molecule has 34 heavy (non-hydrogen) atoms. The zero-order chi connectivity index (χ0) is 24.1. The number of nitrogen functional groups attached to an aromatic ring is 1. The van der Waals surface area contributed by atoms with E-state index in [1.165, 1.54) is 30.6 Å². The molecule has 5 rings (SSSR count). The van der Waals surface area contributed by atoms with Crippen LogP contribution in [0.15, 0.2) is 36.0 Å². The summed E-state index contributed by atoms with van der Waals surface area (Å²) < 4.78 is 2.12. The van der Waals surface area contributed by atoms with Gasteiger partial charge in [-0.1, -0.05) is 31.4 Å². The Morgan fingerprint density at radius 1 is 1.21 bits per heavy atom. The van der Waals surface area contributed by atoms with Crippen molar-refractivity contribution in [3.05, 3.63) is 47.2 Å². The van der Waals surface area contributed by atoms with Crippen LogP contribution in [0.3, 0.4) is 0 Å². The second-order valence-electron chi connectivity index (χ2n) is 8.05. The standard InChI is InChI=1S/C18H20N6O.C5H6N2OS/c19-15-14-18(24(10-21-14)13-7-2-1-3-8-13)23-17(22-15)12-6-4-5-11(9-12)16(20)25;1-4-2-9-5(7-4)6-3-8/h4-6,9-10,13H,1-3,7-8H2,(H2,20,25)(H2,19,22,23);2-3H,1H3,(H,6,7,8). The van der Waals surface area contributed by atoms with Crippen LogP contribution in [-0.4, -0.2) is 36.8 Å². The van der Waals surface area contributed by atoms with Crippen molar-refractivity contribution in [2.24, 2.45) is 5.73 Å². The highest BCUT2D eigenvalue weighted by Crippen LogP contribution is 2.32. The Balaban J connectivity index is 0.000000257. The molecular formula is C23H26N8O2S. The molecule has 1 aliphatic carbocycles. The maximum absolute atomic E-state index is 11.4. The molecule has 0 atom stereocenters. The summed E-state index contributed by atoms with van der Waals surface area (Å²) >= 11 is 1.42. The summed E-state index contributed by atoms with van der Waals surface area (Å²) in [4.78, 5) is 38.7. The number of aromatic nitrogens is 5. The molecule has 1 aromatic carbocycles. The van der Waals surface area contributed by atoms with Crippen LogP contribution >= 0.6 is 11.3 Å². The highest BCUT2D eigenvalue weighted by Gasteiger charge is 2.20. The van der Waals surface area contributed by atoms with Gasteiger partial charge in [-0.3, -0.25) is 9.59 Å². The fraction of sp³-hybridized carbons (Fsp3) is 0.304. The van der Waals surface area contributed by atoms with Crippen LogP contribution in [0.4, 0.5) is 10.9 Å². The highest BCUT2D eigenvalue weighted by molar-refractivity contribution is 7.13. The molecule has 0 bridgehead atoms. The van der Waals surface area contributed by atoms with Gasteiger partial charge in [0.15, 0.2) is 22.4 Å². The number of rotatable bonds is 5. The molecule has 0 radical (unpaired) electrons. The second-order valence-corrected chi connectivity index (χ2v) is 8.91. The quantitative estimate of drug-likeness (QED) is 0.369. The molecular weight excluding hydrogens is 452 g/mol. The van der Waals surface area contributed by atoms with Gasteiger partial charge in [0.2, 0.25) is 12.3 Å². The minimum Gasteiger partial charge on any atom is -0.382 e. The summed E-state index contributed by atoms with van der Waals surface area (Å²) in [7, 11) is 0. The topological polar surface area (TPSA) is 155 Å². The molecule has 1 fully saturated rings. The Kier molecular flexibility index (Phi) is 7.12. The fourth-order valence-corrected chi connectivity index (χ4v) is 4.62. The van der Waals surface area contributed by atoms with E-state index in [1.807, 2.05) is 24.7 Å². The molecule has 11 heteroatoms. The summed E-state index contributed by atoms with van der Waals surface area (Å²) in [5.74, 6) is 0.341. The number of aryl methyl sites for hydroxylation is 1. The van der Waals surface area contributed by atoms with E-state index in [9.17, 15) is 9.59 Å². The monoisotopic (exact) mass is 478 g/mol. The number of fused-ring (bicyclic) bond motifs is 1. The van der Waals surface area contributed by atoms with Gasteiger partial charge < -0.3 is 21.4 Å². The number of thiazole rings is 1. The molecule has 10 nitrogen and oxygen atoms in total. The van der Waals surface area contributed by atoms with E-state index in [2.05, 4.69) is 24.8 Å². The Hall–Kier alpha value is -3.86. The van der Waals surface area contributed by atoms with E-state index in [-0.39, 0.29) is 0 Å². The van der Waals surface area contributed by atoms with Crippen LogP contribution < -0.4 is 16.8 Å². The molecule has 0 unspecified atom stereocenters. The number of nitrogens with zero attached hydrogens (tertiary/aromatic N) is 5. The average molecular weight is 479 g/mol. The number of hydrogen-bond donors (Lipinski definition) is 3. The van der Waals surface area contributed by atoms with Gasteiger partial charge in [0, 0.05) is 22.5 Å². The van der Waals surface area contributed by atoms with E-state index in [4.69, 9.17) is 16.5 Å². The van der Waals surface area contributed by atoms with Crippen LogP contribution in [0.2, 0.25) is 0 Å². The Bertz CT molecular complexity index is 1310. The molecule has 1 aliphatic rings. The van der Waals surface area contributed by atoms with E-state index in [0.717, 1.165) is 24.2 Å². The number of nitrogens with two attached hydrogens (primary N) is 2. The average Bonchev–Trinajstić information content (AvgIpc) is 3.47. The number of carbonyl (C=O) groups excluding carboxylic acids is 2. The molecule has 0 saturated heterocycles. The number of amides is 2. The lowest BCUT2D eigenvalue weighted by atomic mass is 9.95. The van der Waals surface area contributed by atoms with E-state index >= 15 is 0 Å². The first-order chi connectivity index (χ1) is 16.5. The third-order valence-electron chi connectivity index (χ3n) is 5.62. The number of benzene rings is 1. The number of carbonyl (C=O) groups is 2. The molecule has 176 valence electrons. The van der Waals surface area contributed by atoms with Crippen LogP contribution in [0.5, 0.6) is 0 Å². The fourth-order valence-electron chi connectivity index (χ4n) is 3.98. The first-order valence-corrected chi connectivity index (χ1v) is 11.9. The van der Waals surface area contributed by atoms with Gasteiger partial charge in [0.05, 0.1) is 12.0 Å². The molecule has 2 amide bonds. The Morgan fingerprint density at radius 2 is 2.00 bits per heavy atom. The summed E-state index contributed by atoms with van der Waals surface area (Å²) in [6, 6.07) is 7.36. The third kappa shape index (κ3) is 5.20. The maximum atomic E-state index is 11.4. The molecule has 1 saturated carbocycles. The minimum absolute atomic E-state index is 0.346. The number of nitrogens with one attached hydrogen (secondary N) is 1. The summed E-state index contributed by atoms with van der Waals surface area (Å²) in [5.41, 5.74) is 14.9. The summed E-state index contributed by atoms with van der Waals surface area (Å²) in [5, 5.41) is 4.99. The van der Waals surface area contributed by atoms with Gasteiger partial charge in [0.25, 0.3) is 0 Å². The van der Waals surface area contributed by atoms with Crippen molar-refractivity contribution in [1.29, 1.82) is 0 Å². The number of hydrogen-bond acceptors (Lipinski definition) is 8. The van der Waals surface area contributed by atoms with Crippen molar-refractivity contribution in [3.8, 4) is 11.4 Å². The first-order valence-electron chi connectivity index (χ1n) is 11.0. The first kappa shape index (κ1) is 23.3. The van der Waals surface area contributed by atoms with Crippen LogP contribution in [0, 0.1) is 6.92 Å². The number of anilines is 2. The van der Waals surface area contributed by atoms with Gasteiger partial charge in [-0.2, -0.15) is 0 Å². The Morgan fingerprint density at radius 3 is 2.68 bits per heavy atom. The van der Waals surface area contributed by atoms with Gasteiger partial charge in [-0.05, 0) is 31.9 Å². The van der Waals surface area contributed by atoms with Gasteiger partial charge >= 0.3 is 0 Å². The van der Waals surface area contributed by atoms with Crippen LogP contribution in [0.1, 0.15) is 54.2 Å². The van der Waals surface area contributed by atoms with E-state index in [0.29, 0.717) is 45.9 Å². The third-order valence-corrected chi connectivity index (χ3v) is 6.51. The van der Waals surface area contributed by atoms with Crippen molar-refractivity contribution >= 4 is 45.8 Å². The lowest BCUT2D eigenvalue weighted by Crippen LogP contribution is -2.13. The zero-order valence-electron chi connectivity index (χ0n) is 18.8. The number of imidazole rings is 1. The smallest absolute Gasteiger partial charge is 0.248 e. The van der Waals surface area contributed by atoms with Crippen LogP contribution in [-0.2, 0) is 4.79 Å². The molecule has 4 aromatic rings. The lowest BCUT2D eigenvalue weighted by Gasteiger charge is -2.23. The lowest BCUT2D eigenvalue weighted by molar-refractivity contribution is -0.105. The van der Waals surface area contributed by atoms with E-state index in [1.54, 1.807) is 18.2 Å². The SMILES string of the molecule is Cc1csc(NC=O)n1.NC(=O)c1cccc(-c2nc(N)c3ncn(C4CCCCC4)c3n2)c1. The van der Waals surface area contributed by atoms with E-state index < -0.39 is 5.91 Å². The van der Waals surface area contributed by atoms with Crippen molar-refractivity contribution in [2.75, 3.05) is 11.1 Å². The summed E-state index contributed by atoms with van der Waals surface area (Å²) in [6.07, 6.45) is 8.42. The summed E-state index contributed by atoms with van der Waals surface area (Å²) in [6.45, 7) is 1.88. The number of primary amides is 1. The normalized spacial score (nSPS) is 13.8. The van der Waals surface area contributed by atoms with Crippen molar-refractivity contribution < 1.29 is 9.59 Å². The largest absolute Gasteiger partial charge is 0.382 e. The van der Waals surface area contributed by atoms with Crippen molar-refractivity contribution in [3.63, 3.8) is 0 Å². The highest BCUT2D eigenvalue weighted by atomic mass is 32.1. The van der Waals surface area contributed by atoms with Crippen molar-refractivity contribution in [2.45, 2.75) is 45.1 Å². The van der Waals surface area contributed by atoms with Crippen LogP contribution in [0.25, 0.3) is 22.6 Å². The molecule has 0 aliphatic heterocycles. The predicted octanol–water partition coefficient (Wildman–Crippen LogP) is 3.70. The Labute approximate surface area is 200 Å². The van der Waals surface area contributed by atoms with Gasteiger partial charge in [-0.15, -0.1) is 11.3 Å². The zero-order valence-corrected chi connectivity index (χ0v) is 19.6.